The van der Waals surface area contributed by atoms with Gasteiger partial charge in [0.05, 0.1) is 30.3 Å². The highest BCUT2D eigenvalue weighted by Gasteiger charge is 2.45. The standard InChI is InChI=1S/C35H38Cl2F3N5O3/c1-3-17-41-30(46)21-42-27-15-18-44(19-16-27)34(47)45-32(23-7-12-26(37)13-8-23)31(22-5-10-25(36)11-6-22)43-33(45)28-14-9-24(35(38,39)40)20-29(28)48-4-2/h5-14,20,27,31-32,42H,3-4,15-19,21H2,1-2H3,(H,41,46). The summed E-state index contributed by atoms with van der Waals surface area (Å²) in [4.78, 5) is 35.1. The molecule has 5 rings (SSSR count). The maximum atomic E-state index is 14.7. The van der Waals surface area contributed by atoms with E-state index in [4.69, 9.17) is 32.9 Å². The molecule has 0 aromatic heterocycles. The van der Waals surface area contributed by atoms with E-state index in [1.165, 1.54) is 6.07 Å². The molecule has 2 aliphatic rings. The van der Waals surface area contributed by atoms with E-state index in [9.17, 15) is 22.8 Å². The minimum atomic E-state index is -4.59. The smallest absolute Gasteiger partial charge is 0.416 e. The number of nitrogens with one attached hydrogen (secondary N) is 2. The minimum absolute atomic E-state index is 0.0280. The second-order valence-corrected chi connectivity index (χ2v) is 12.6. The van der Waals surface area contributed by atoms with Crippen LogP contribution in [0.4, 0.5) is 18.0 Å². The first-order chi connectivity index (χ1) is 23.0. The predicted molar refractivity (Wildman–Crippen MR) is 181 cm³/mol. The highest BCUT2D eigenvalue weighted by molar-refractivity contribution is 6.30. The summed E-state index contributed by atoms with van der Waals surface area (Å²) in [7, 11) is 0. The van der Waals surface area contributed by atoms with E-state index in [0.717, 1.165) is 29.7 Å². The number of aliphatic imine (C=N–C) groups is 1. The van der Waals surface area contributed by atoms with Crippen molar-refractivity contribution < 1.29 is 27.5 Å². The van der Waals surface area contributed by atoms with Gasteiger partial charge >= 0.3 is 12.2 Å². The van der Waals surface area contributed by atoms with E-state index in [1.807, 2.05) is 31.2 Å². The highest BCUT2D eigenvalue weighted by Crippen LogP contribution is 2.46. The highest BCUT2D eigenvalue weighted by atomic mass is 35.5. The lowest BCUT2D eigenvalue weighted by Gasteiger charge is -2.38. The number of urea groups is 1. The van der Waals surface area contributed by atoms with Crippen molar-refractivity contribution in [1.29, 1.82) is 0 Å². The van der Waals surface area contributed by atoms with Gasteiger partial charge < -0.3 is 20.3 Å². The normalized spacial score (nSPS) is 18.5. The lowest BCUT2D eigenvalue weighted by molar-refractivity contribution is -0.137. The number of benzene rings is 3. The van der Waals surface area contributed by atoms with E-state index >= 15 is 0 Å². The van der Waals surface area contributed by atoms with Gasteiger partial charge in [0, 0.05) is 35.7 Å². The monoisotopic (exact) mass is 703 g/mol. The second-order valence-electron chi connectivity index (χ2n) is 11.7. The van der Waals surface area contributed by atoms with Crippen molar-refractivity contribution in [3.8, 4) is 5.75 Å². The van der Waals surface area contributed by atoms with E-state index in [1.54, 1.807) is 41.0 Å². The Hall–Kier alpha value is -3.80. The quantitative estimate of drug-likeness (QED) is 0.227. The first-order valence-corrected chi connectivity index (χ1v) is 16.8. The van der Waals surface area contributed by atoms with Crippen LogP contribution >= 0.6 is 23.2 Å². The molecule has 0 bridgehead atoms. The Labute approximate surface area is 288 Å². The molecule has 2 heterocycles. The van der Waals surface area contributed by atoms with Crippen LogP contribution in [0.25, 0.3) is 0 Å². The molecule has 2 atom stereocenters. The zero-order valence-corrected chi connectivity index (χ0v) is 28.2. The molecule has 3 amide bonds. The van der Waals surface area contributed by atoms with Crippen molar-refractivity contribution in [3.63, 3.8) is 0 Å². The Morgan fingerprint density at radius 3 is 2.15 bits per heavy atom. The number of amides is 3. The summed E-state index contributed by atoms with van der Waals surface area (Å²) in [5, 5.41) is 7.18. The molecule has 0 saturated carbocycles. The first kappa shape index (κ1) is 35.5. The Kier molecular flexibility index (Phi) is 11.5. The fourth-order valence-electron chi connectivity index (χ4n) is 6.00. The van der Waals surface area contributed by atoms with Gasteiger partial charge in [-0.2, -0.15) is 13.2 Å². The molecule has 1 fully saturated rings. The second kappa shape index (κ2) is 15.6. The van der Waals surface area contributed by atoms with Gasteiger partial charge in [-0.05, 0) is 79.8 Å². The van der Waals surface area contributed by atoms with E-state index in [2.05, 4.69) is 10.6 Å². The minimum Gasteiger partial charge on any atom is -0.493 e. The molecule has 0 spiro atoms. The van der Waals surface area contributed by atoms with Crippen LogP contribution in [-0.4, -0.2) is 66.4 Å². The van der Waals surface area contributed by atoms with E-state index in [-0.39, 0.29) is 48.3 Å². The van der Waals surface area contributed by atoms with Crippen molar-refractivity contribution in [1.82, 2.24) is 20.4 Å². The van der Waals surface area contributed by atoms with Gasteiger partial charge in [-0.25, -0.2) is 4.79 Å². The number of halogens is 5. The summed E-state index contributed by atoms with van der Waals surface area (Å²) in [6.07, 6.45) is -2.51. The van der Waals surface area contributed by atoms with Crippen molar-refractivity contribution in [2.45, 2.75) is 57.4 Å². The maximum absolute atomic E-state index is 14.7. The number of piperidine rings is 1. The lowest BCUT2D eigenvalue weighted by atomic mass is 9.93. The summed E-state index contributed by atoms with van der Waals surface area (Å²) >= 11 is 12.5. The van der Waals surface area contributed by atoms with Gasteiger partial charge in [0.25, 0.3) is 0 Å². The third-order valence-electron chi connectivity index (χ3n) is 8.43. The zero-order chi connectivity index (χ0) is 34.4. The Balaban J connectivity index is 1.53. The number of nitrogens with zero attached hydrogens (tertiary/aromatic N) is 3. The number of carbonyl (C=O) groups excluding carboxylic acids is 2. The van der Waals surface area contributed by atoms with Gasteiger partial charge in [-0.15, -0.1) is 0 Å². The third-order valence-corrected chi connectivity index (χ3v) is 8.94. The molecule has 256 valence electrons. The third kappa shape index (κ3) is 8.25. The van der Waals surface area contributed by atoms with Gasteiger partial charge in [0.2, 0.25) is 5.91 Å². The Morgan fingerprint density at radius 1 is 0.938 bits per heavy atom. The molecule has 3 aromatic rings. The molecule has 3 aromatic carbocycles. The summed E-state index contributed by atoms with van der Waals surface area (Å²) < 4.78 is 47.1. The summed E-state index contributed by atoms with van der Waals surface area (Å²) in [6.45, 7) is 5.39. The van der Waals surface area contributed by atoms with Crippen LogP contribution in [0.2, 0.25) is 10.0 Å². The molecule has 0 aliphatic carbocycles. The number of hydrogen-bond donors (Lipinski definition) is 2. The fraction of sp³-hybridized carbons (Fsp3) is 0.400. The molecule has 13 heteroatoms. The largest absolute Gasteiger partial charge is 0.493 e. The number of hydrogen-bond acceptors (Lipinski definition) is 5. The zero-order valence-electron chi connectivity index (χ0n) is 26.7. The molecule has 2 unspecified atom stereocenters. The first-order valence-electron chi connectivity index (χ1n) is 16.0. The van der Waals surface area contributed by atoms with Crippen LogP contribution in [0, 0.1) is 0 Å². The van der Waals surface area contributed by atoms with Crippen LogP contribution < -0.4 is 15.4 Å². The number of carbonyl (C=O) groups is 2. The van der Waals surface area contributed by atoms with Crippen LogP contribution in [0.3, 0.4) is 0 Å². The number of rotatable bonds is 10. The average Bonchev–Trinajstić information content (AvgIpc) is 3.47. The van der Waals surface area contributed by atoms with Gasteiger partial charge in [0.1, 0.15) is 17.6 Å². The number of alkyl halides is 3. The molecule has 48 heavy (non-hydrogen) atoms. The van der Waals surface area contributed by atoms with Gasteiger partial charge in [0.15, 0.2) is 0 Å². The molecule has 0 radical (unpaired) electrons. The number of likely N-dealkylation sites (tertiary alicyclic amines) is 1. The molecule has 2 aliphatic heterocycles. The Morgan fingerprint density at radius 2 is 1.56 bits per heavy atom. The summed E-state index contributed by atoms with van der Waals surface area (Å²) in [6, 6.07) is 15.9. The van der Waals surface area contributed by atoms with Crippen LogP contribution in [0.1, 0.15) is 67.4 Å². The van der Waals surface area contributed by atoms with Gasteiger partial charge in [-0.1, -0.05) is 54.4 Å². The van der Waals surface area contributed by atoms with E-state index < -0.39 is 23.8 Å². The topological polar surface area (TPSA) is 86.3 Å². The molecule has 1 saturated heterocycles. The molecular formula is C35H38Cl2F3N5O3. The van der Waals surface area contributed by atoms with E-state index in [0.29, 0.717) is 42.5 Å². The predicted octanol–water partition coefficient (Wildman–Crippen LogP) is 7.66. The van der Waals surface area contributed by atoms with Crippen molar-refractivity contribution in [3.05, 3.63) is 99.0 Å². The van der Waals surface area contributed by atoms with Crippen LogP contribution in [0.5, 0.6) is 5.75 Å². The fourth-order valence-corrected chi connectivity index (χ4v) is 6.26. The van der Waals surface area contributed by atoms with Crippen molar-refractivity contribution in [2.24, 2.45) is 4.99 Å². The Bertz CT molecular complexity index is 1610. The average molecular weight is 705 g/mol. The van der Waals surface area contributed by atoms with Crippen molar-refractivity contribution >= 4 is 41.0 Å². The molecule has 2 N–H and O–H groups in total. The lowest BCUT2D eigenvalue weighted by Crippen LogP contribution is -2.52. The maximum Gasteiger partial charge on any atom is 0.416 e. The number of ether oxygens (including phenoxy) is 1. The molecular weight excluding hydrogens is 666 g/mol. The van der Waals surface area contributed by atoms with Gasteiger partial charge in [-0.3, -0.25) is 14.7 Å². The van der Waals surface area contributed by atoms with Crippen LogP contribution in [0.15, 0.2) is 71.7 Å². The number of amidine groups is 1. The summed E-state index contributed by atoms with van der Waals surface area (Å²) in [5.41, 5.74) is 0.906. The van der Waals surface area contributed by atoms with Crippen molar-refractivity contribution in [2.75, 3.05) is 32.8 Å². The SMILES string of the molecule is CCCNC(=O)CNC1CCN(C(=O)N2C(c3ccc(C(F)(F)F)cc3OCC)=NC(c3ccc(Cl)cc3)C2c2ccc(Cl)cc2)CC1. The molecule has 8 nitrogen and oxygen atoms in total. The summed E-state index contributed by atoms with van der Waals surface area (Å²) in [5.74, 6) is 0.0960. The van der Waals surface area contributed by atoms with Crippen LogP contribution in [-0.2, 0) is 11.0 Å².